The number of anilines is 1. The van der Waals surface area contributed by atoms with Gasteiger partial charge in [0.15, 0.2) is 0 Å². The Morgan fingerprint density at radius 1 is 1.24 bits per heavy atom. The number of nitrogens with one attached hydrogen (secondary N) is 1. The summed E-state index contributed by atoms with van der Waals surface area (Å²) < 4.78 is 5.38. The zero-order valence-corrected chi connectivity index (χ0v) is 15.2. The van der Waals surface area contributed by atoms with Gasteiger partial charge in [-0.3, -0.25) is 4.79 Å². The van der Waals surface area contributed by atoms with E-state index < -0.39 is 0 Å². The van der Waals surface area contributed by atoms with E-state index in [0.717, 1.165) is 24.7 Å². The van der Waals surface area contributed by atoms with Crippen LogP contribution in [0.15, 0.2) is 47.5 Å². The van der Waals surface area contributed by atoms with Gasteiger partial charge in [0, 0.05) is 36.5 Å². The van der Waals surface area contributed by atoms with Crippen LogP contribution in [0.1, 0.15) is 15.9 Å². The van der Waals surface area contributed by atoms with Gasteiger partial charge in [0.25, 0.3) is 5.91 Å². The first-order valence-electron chi connectivity index (χ1n) is 8.49. The molecular formula is C19H23N3O2S. The number of pyridine rings is 1. The molecule has 0 aliphatic carbocycles. The van der Waals surface area contributed by atoms with Crippen molar-refractivity contribution in [2.24, 2.45) is 0 Å². The van der Waals surface area contributed by atoms with Gasteiger partial charge >= 0.3 is 0 Å². The second kappa shape index (κ2) is 8.87. The van der Waals surface area contributed by atoms with Crippen LogP contribution < -0.4 is 10.2 Å². The van der Waals surface area contributed by atoms with Gasteiger partial charge < -0.3 is 15.0 Å². The molecule has 5 nitrogen and oxygen atoms in total. The topological polar surface area (TPSA) is 54.5 Å². The van der Waals surface area contributed by atoms with Crippen LogP contribution in [0.5, 0.6) is 0 Å². The van der Waals surface area contributed by atoms with Crippen molar-refractivity contribution in [2.75, 3.05) is 43.5 Å². The molecule has 1 aromatic heterocycles. The predicted molar refractivity (Wildman–Crippen MR) is 102 cm³/mol. The molecule has 1 aliphatic rings. The van der Waals surface area contributed by atoms with Crippen LogP contribution in [-0.4, -0.2) is 49.5 Å². The highest BCUT2D eigenvalue weighted by molar-refractivity contribution is 7.99. The van der Waals surface area contributed by atoms with Crippen LogP contribution in [0.3, 0.4) is 0 Å². The number of carbonyl (C=O) groups excluding carboxylic acids is 1. The van der Waals surface area contributed by atoms with E-state index in [4.69, 9.17) is 4.74 Å². The maximum absolute atomic E-state index is 12.5. The Hall–Kier alpha value is -2.05. The molecule has 1 amide bonds. The first-order chi connectivity index (χ1) is 12.2. The number of thioether (sulfide) groups is 1. The third-order valence-corrected chi connectivity index (χ3v) is 5.03. The highest BCUT2D eigenvalue weighted by Crippen LogP contribution is 2.19. The van der Waals surface area contributed by atoms with E-state index in [9.17, 15) is 4.79 Å². The van der Waals surface area contributed by atoms with Crippen molar-refractivity contribution in [3.8, 4) is 0 Å². The second-order valence-corrected chi connectivity index (χ2v) is 7.06. The number of amides is 1. The number of aromatic nitrogens is 1. The van der Waals surface area contributed by atoms with E-state index in [0.29, 0.717) is 25.3 Å². The summed E-state index contributed by atoms with van der Waals surface area (Å²) in [5.74, 6) is 1.51. The van der Waals surface area contributed by atoms with Crippen molar-refractivity contribution >= 4 is 23.5 Å². The van der Waals surface area contributed by atoms with Gasteiger partial charge in [-0.05, 0) is 31.2 Å². The maximum Gasteiger partial charge on any atom is 0.255 e. The molecule has 2 heterocycles. The fourth-order valence-corrected chi connectivity index (χ4v) is 3.43. The van der Waals surface area contributed by atoms with Gasteiger partial charge in [-0.2, -0.15) is 0 Å². The van der Waals surface area contributed by atoms with Gasteiger partial charge in [0.05, 0.1) is 18.8 Å². The highest BCUT2D eigenvalue weighted by atomic mass is 32.2. The molecule has 1 aromatic carbocycles. The van der Waals surface area contributed by atoms with Crippen LogP contribution in [0, 0.1) is 6.92 Å². The van der Waals surface area contributed by atoms with Crippen LogP contribution in [0.25, 0.3) is 0 Å². The number of morpholine rings is 1. The lowest BCUT2D eigenvalue weighted by Gasteiger charge is -2.29. The Balaban J connectivity index is 1.53. The Morgan fingerprint density at radius 2 is 2.00 bits per heavy atom. The number of hydrogen-bond acceptors (Lipinski definition) is 5. The molecule has 0 atom stereocenters. The van der Waals surface area contributed by atoms with Crippen molar-refractivity contribution < 1.29 is 9.53 Å². The first kappa shape index (κ1) is 17.8. The zero-order chi connectivity index (χ0) is 17.5. The van der Waals surface area contributed by atoms with Crippen LogP contribution in [-0.2, 0) is 4.74 Å². The van der Waals surface area contributed by atoms with E-state index in [1.54, 1.807) is 24.0 Å². The van der Waals surface area contributed by atoms with Gasteiger partial charge in [-0.15, -0.1) is 11.8 Å². The Kier molecular flexibility index (Phi) is 6.30. The molecule has 6 heteroatoms. The van der Waals surface area contributed by atoms with E-state index in [1.165, 1.54) is 10.5 Å². The summed E-state index contributed by atoms with van der Waals surface area (Å²) in [6.45, 7) is 5.57. The molecule has 25 heavy (non-hydrogen) atoms. The number of ether oxygens (including phenoxy) is 1. The minimum atomic E-state index is -0.0703. The summed E-state index contributed by atoms with van der Waals surface area (Å²) in [6, 6.07) is 12.1. The quantitative estimate of drug-likeness (QED) is 0.636. The summed E-state index contributed by atoms with van der Waals surface area (Å²) in [7, 11) is 0. The third kappa shape index (κ3) is 4.96. The summed E-state index contributed by atoms with van der Waals surface area (Å²) >= 11 is 1.74. The Labute approximate surface area is 152 Å². The van der Waals surface area contributed by atoms with Crippen molar-refractivity contribution in [1.29, 1.82) is 0 Å². The van der Waals surface area contributed by atoms with Crippen molar-refractivity contribution in [3.05, 3.63) is 53.7 Å². The largest absolute Gasteiger partial charge is 0.378 e. The number of carbonyl (C=O) groups is 1. The molecule has 3 rings (SSSR count). The molecule has 1 aliphatic heterocycles. The van der Waals surface area contributed by atoms with Gasteiger partial charge in [0.2, 0.25) is 0 Å². The molecule has 0 bridgehead atoms. The standard InChI is InChI=1S/C19H23N3O2S/c1-15-4-6-16(7-5-15)25-14-9-21-19(23)17-3-2-8-20-18(17)22-10-12-24-13-11-22/h2-8H,9-14H2,1H3,(H,21,23). The third-order valence-electron chi connectivity index (χ3n) is 4.02. The second-order valence-electron chi connectivity index (χ2n) is 5.89. The summed E-state index contributed by atoms with van der Waals surface area (Å²) in [6.07, 6.45) is 1.73. The maximum atomic E-state index is 12.5. The highest BCUT2D eigenvalue weighted by Gasteiger charge is 2.19. The van der Waals surface area contributed by atoms with Crippen LogP contribution >= 0.6 is 11.8 Å². The van der Waals surface area contributed by atoms with Gasteiger partial charge in [0.1, 0.15) is 5.82 Å². The predicted octanol–water partition coefficient (Wildman–Crippen LogP) is 2.75. The number of aryl methyl sites for hydroxylation is 1. The van der Waals surface area contributed by atoms with Gasteiger partial charge in [-0.1, -0.05) is 17.7 Å². The van der Waals surface area contributed by atoms with E-state index >= 15 is 0 Å². The lowest BCUT2D eigenvalue weighted by Crippen LogP contribution is -2.38. The molecule has 0 saturated carbocycles. The minimum Gasteiger partial charge on any atom is -0.378 e. The Morgan fingerprint density at radius 3 is 2.76 bits per heavy atom. The van der Waals surface area contributed by atoms with Gasteiger partial charge in [-0.25, -0.2) is 4.98 Å². The number of rotatable bonds is 6. The van der Waals surface area contributed by atoms with Crippen molar-refractivity contribution in [3.63, 3.8) is 0 Å². The average molecular weight is 357 g/mol. The first-order valence-corrected chi connectivity index (χ1v) is 9.48. The van der Waals surface area contributed by atoms with Crippen LogP contribution in [0.2, 0.25) is 0 Å². The molecule has 1 fully saturated rings. The number of nitrogens with zero attached hydrogens (tertiary/aromatic N) is 2. The van der Waals surface area contributed by atoms with Crippen molar-refractivity contribution in [1.82, 2.24) is 10.3 Å². The molecule has 132 valence electrons. The fourth-order valence-electron chi connectivity index (χ4n) is 2.66. The summed E-state index contributed by atoms with van der Waals surface area (Å²) in [5, 5.41) is 3.00. The molecular weight excluding hydrogens is 334 g/mol. The van der Waals surface area contributed by atoms with Crippen molar-refractivity contribution in [2.45, 2.75) is 11.8 Å². The summed E-state index contributed by atoms with van der Waals surface area (Å²) in [4.78, 5) is 20.3. The number of benzene rings is 1. The van der Waals surface area contributed by atoms with E-state index in [2.05, 4.69) is 46.4 Å². The molecule has 0 radical (unpaired) electrons. The normalized spacial score (nSPS) is 14.4. The number of hydrogen-bond donors (Lipinski definition) is 1. The lowest BCUT2D eigenvalue weighted by atomic mass is 10.2. The van der Waals surface area contributed by atoms with Crippen LogP contribution in [0.4, 0.5) is 5.82 Å². The molecule has 1 N–H and O–H groups in total. The lowest BCUT2D eigenvalue weighted by molar-refractivity contribution is 0.0954. The molecule has 1 saturated heterocycles. The summed E-state index contributed by atoms with van der Waals surface area (Å²) in [5.41, 5.74) is 1.88. The van der Waals surface area contributed by atoms with E-state index in [1.807, 2.05) is 6.07 Å². The monoisotopic (exact) mass is 357 g/mol. The zero-order valence-electron chi connectivity index (χ0n) is 14.4. The molecule has 0 unspecified atom stereocenters. The van der Waals surface area contributed by atoms with E-state index in [-0.39, 0.29) is 5.91 Å². The Bertz CT molecular complexity index is 700. The average Bonchev–Trinajstić information content (AvgIpc) is 2.67. The molecule has 2 aromatic rings. The SMILES string of the molecule is Cc1ccc(SCCNC(=O)c2cccnc2N2CCOCC2)cc1. The fraction of sp³-hybridized carbons (Fsp3) is 0.368. The molecule has 0 spiro atoms. The smallest absolute Gasteiger partial charge is 0.255 e. The minimum absolute atomic E-state index is 0.0703.